The Hall–Kier alpha value is -3.20. The Morgan fingerprint density at radius 2 is 1.83 bits per heavy atom. The Balaban J connectivity index is 1.58. The van der Waals surface area contributed by atoms with Gasteiger partial charge in [-0.05, 0) is 31.2 Å². The first kappa shape index (κ1) is 21.5. The largest absolute Gasteiger partial charge is 0.493 e. The summed E-state index contributed by atoms with van der Waals surface area (Å²) in [5.74, 6) is 2.62. The highest BCUT2D eigenvalue weighted by atomic mass is 32.2. The van der Waals surface area contributed by atoms with Crippen LogP contribution in [0.4, 0.5) is 5.69 Å². The van der Waals surface area contributed by atoms with Crippen LogP contribution in [0, 0.1) is 0 Å². The molecule has 0 fully saturated rings. The molecule has 3 aromatic rings. The molecule has 8 nitrogen and oxygen atoms in total. The number of amides is 1. The molecule has 0 spiro atoms. The van der Waals surface area contributed by atoms with Crippen molar-refractivity contribution in [2.24, 2.45) is 7.05 Å². The zero-order valence-corrected chi connectivity index (χ0v) is 18.1. The van der Waals surface area contributed by atoms with Crippen LogP contribution in [0.1, 0.15) is 18.9 Å². The molecule has 0 unspecified atom stereocenters. The molecule has 1 atom stereocenters. The minimum Gasteiger partial charge on any atom is -0.493 e. The molecule has 0 aliphatic carbocycles. The van der Waals surface area contributed by atoms with E-state index in [1.165, 1.54) is 11.8 Å². The van der Waals surface area contributed by atoms with Gasteiger partial charge in [-0.1, -0.05) is 30.0 Å². The van der Waals surface area contributed by atoms with Crippen LogP contribution in [0.3, 0.4) is 0 Å². The molecule has 158 valence electrons. The van der Waals surface area contributed by atoms with Gasteiger partial charge in [0.25, 0.3) is 0 Å². The van der Waals surface area contributed by atoms with Crippen molar-refractivity contribution < 1.29 is 19.0 Å². The number of methoxy groups -OCH3 is 2. The van der Waals surface area contributed by atoms with Crippen molar-refractivity contribution in [3.8, 4) is 17.2 Å². The Kier molecular flexibility index (Phi) is 7.18. The highest BCUT2D eigenvalue weighted by Gasteiger charge is 2.18. The standard InChI is InChI=1S/C21H24N4O4S/c1-14(29-16-8-6-5-7-9-16)20-23-24-21(25(20)2)30-13-19(26)22-15-10-11-17(27-3)18(12-15)28-4/h5-12,14H,13H2,1-4H3,(H,22,26)/t14-/m1/s1. The summed E-state index contributed by atoms with van der Waals surface area (Å²) in [5, 5.41) is 11.9. The van der Waals surface area contributed by atoms with Crippen LogP contribution in [0.5, 0.6) is 17.2 Å². The number of rotatable bonds is 9. The van der Waals surface area contributed by atoms with Crippen molar-refractivity contribution >= 4 is 23.4 Å². The molecule has 30 heavy (non-hydrogen) atoms. The molecule has 0 aliphatic heterocycles. The van der Waals surface area contributed by atoms with Gasteiger partial charge in [0.2, 0.25) is 5.91 Å². The molecule has 9 heteroatoms. The number of aromatic nitrogens is 3. The number of nitrogens with zero attached hydrogens (tertiary/aromatic N) is 3. The first-order valence-electron chi connectivity index (χ1n) is 9.27. The monoisotopic (exact) mass is 428 g/mol. The lowest BCUT2D eigenvalue weighted by atomic mass is 10.2. The normalized spacial score (nSPS) is 11.6. The van der Waals surface area contributed by atoms with E-state index >= 15 is 0 Å². The average molecular weight is 429 g/mol. The summed E-state index contributed by atoms with van der Waals surface area (Å²) in [6.07, 6.45) is -0.278. The van der Waals surface area contributed by atoms with Crippen LogP contribution < -0.4 is 19.5 Å². The van der Waals surface area contributed by atoms with Crippen molar-refractivity contribution in [3.05, 3.63) is 54.4 Å². The Morgan fingerprint density at radius 3 is 2.53 bits per heavy atom. The maximum atomic E-state index is 12.3. The molecule has 1 heterocycles. The second-order valence-electron chi connectivity index (χ2n) is 6.38. The second-order valence-corrected chi connectivity index (χ2v) is 7.32. The molecule has 0 bridgehead atoms. The van der Waals surface area contributed by atoms with Gasteiger partial charge in [0.15, 0.2) is 28.6 Å². The molecular weight excluding hydrogens is 404 g/mol. The molecule has 0 radical (unpaired) electrons. The lowest BCUT2D eigenvalue weighted by Gasteiger charge is -2.14. The van der Waals surface area contributed by atoms with Crippen LogP contribution in [0.2, 0.25) is 0 Å². The SMILES string of the molecule is COc1ccc(NC(=O)CSc2nnc([C@@H](C)Oc3ccccc3)n2C)cc1OC. The molecule has 0 saturated heterocycles. The number of ether oxygens (including phenoxy) is 3. The van der Waals surface area contributed by atoms with E-state index in [0.717, 1.165) is 5.75 Å². The third-order valence-electron chi connectivity index (χ3n) is 4.29. The van der Waals surface area contributed by atoms with E-state index in [1.54, 1.807) is 32.4 Å². The zero-order valence-electron chi connectivity index (χ0n) is 17.3. The molecule has 3 rings (SSSR count). The van der Waals surface area contributed by atoms with Crippen molar-refractivity contribution in [3.63, 3.8) is 0 Å². The number of carbonyl (C=O) groups is 1. The summed E-state index contributed by atoms with van der Waals surface area (Å²) in [4.78, 5) is 12.3. The highest BCUT2D eigenvalue weighted by Crippen LogP contribution is 2.30. The number of para-hydroxylation sites is 1. The summed E-state index contributed by atoms with van der Waals surface area (Å²) in [6.45, 7) is 1.91. The van der Waals surface area contributed by atoms with E-state index < -0.39 is 0 Å². The van der Waals surface area contributed by atoms with Gasteiger partial charge in [0.05, 0.1) is 20.0 Å². The molecule has 2 aromatic carbocycles. The van der Waals surface area contributed by atoms with E-state index in [0.29, 0.717) is 28.2 Å². The van der Waals surface area contributed by atoms with Crippen LogP contribution in [-0.2, 0) is 11.8 Å². The van der Waals surface area contributed by atoms with Gasteiger partial charge in [-0.3, -0.25) is 4.79 Å². The predicted octanol–water partition coefficient (Wildman–Crippen LogP) is 3.70. The van der Waals surface area contributed by atoms with Gasteiger partial charge >= 0.3 is 0 Å². The number of thioether (sulfide) groups is 1. The van der Waals surface area contributed by atoms with Crippen LogP contribution in [0.25, 0.3) is 0 Å². The number of anilines is 1. The maximum Gasteiger partial charge on any atom is 0.234 e. The summed E-state index contributed by atoms with van der Waals surface area (Å²) >= 11 is 1.30. The maximum absolute atomic E-state index is 12.3. The Labute approximate surface area is 179 Å². The highest BCUT2D eigenvalue weighted by molar-refractivity contribution is 7.99. The average Bonchev–Trinajstić information content (AvgIpc) is 3.13. The first-order chi connectivity index (χ1) is 14.5. The number of hydrogen-bond donors (Lipinski definition) is 1. The van der Waals surface area contributed by atoms with Gasteiger partial charge in [0.1, 0.15) is 5.75 Å². The third kappa shape index (κ3) is 5.24. The number of hydrogen-bond acceptors (Lipinski definition) is 7. The zero-order chi connectivity index (χ0) is 21.5. The minimum atomic E-state index is -0.278. The van der Waals surface area contributed by atoms with Gasteiger partial charge in [-0.15, -0.1) is 10.2 Å². The summed E-state index contributed by atoms with van der Waals surface area (Å²) in [7, 11) is 4.97. The quantitative estimate of drug-likeness (QED) is 0.520. The van der Waals surface area contributed by atoms with Crippen LogP contribution in [-0.4, -0.2) is 40.6 Å². The van der Waals surface area contributed by atoms with Gasteiger partial charge in [0, 0.05) is 18.8 Å². The fraction of sp³-hybridized carbons (Fsp3) is 0.286. The second kappa shape index (κ2) is 10.0. The number of carbonyl (C=O) groups excluding carboxylic acids is 1. The molecule has 1 aromatic heterocycles. The van der Waals surface area contributed by atoms with Crippen LogP contribution >= 0.6 is 11.8 Å². The van der Waals surface area contributed by atoms with E-state index in [1.807, 2.05) is 48.9 Å². The first-order valence-corrected chi connectivity index (χ1v) is 10.3. The Bertz CT molecular complexity index is 994. The topological polar surface area (TPSA) is 87.5 Å². The summed E-state index contributed by atoms with van der Waals surface area (Å²) in [6, 6.07) is 14.7. The van der Waals surface area contributed by atoms with Gasteiger partial charge < -0.3 is 24.1 Å². The summed E-state index contributed by atoms with van der Waals surface area (Å²) < 4.78 is 18.2. The molecular formula is C21H24N4O4S. The van der Waals surface area contributed by atoms with Crippen LogP contribution in [0.15, 0.2) is 53.7 Å². The fourth-order valence-electron chi connectivity index (χ4n) is 2.80. The number of benzene rings is 2. The fourth-order valence-corrected chi connectivity index (χ4v) is 3.52. The van der Waals surface area contributed by atoms with Crippen molar-refractivity contribution in [1.29, 1.82) is 0 Å². The van der Waals surface area contributed by atoms with Gasteiger partial charge in [-0.2, -0.15) is 0 Å². The number of nitrogens with one attached hydrogen (secondary N) is 1. The van der Waals surface area contributed by atoms with E-state index in [9.17, 15) is 4.79 Å². The van der Waals surface area contributed by atoms with E-state index in [2.05, 4.69) is 15.5 Å². The smallest absolute Gasteiger partial charge is 0.234 e. The third-order valence-corrected chi connectivity index (χ3v) is 5.31. The predicted molar refractivity (Wildman–Crippen MR) is 115 cm³/mol. The molecule has 0 saturated carbocycles. The van der Waals surface area contributed by atoms with Crippen molar-refractivity contribution in [2.75, 3.05) is 25.3 Å². The Morgan fingerprint density at radius 1 is 1.10 bits per heavy atom. The lowest BCUT2D eigenvalue weighted by Crippen LogP contribution is -2.15. The minimum absolute atomic E-state index is 0.162. The van der Waals surface area contributed by atoms with E-state index in [4.69, 9.17) is 14.2 Å². The van der Waals surface area contributed by atoms with Crippen molar-refractivity contribution in [2.45, 2.75) is 18.2 Å². The van der Waals surface area contributed by atoms with E-state index in [-0.39, 0.29) is 17.8 Å². The van der Waals surface area contributed by atoms with Gasteiger partial charge in [-0.25, -0.2) is 0 Å². The van der Waals surface area contributed by atoms with Crippen molar-refractivity contribution in [1.82, 2.24) is 14.8 Å². The lowest BCUT2D eigenvalue weighted by molar-refractivity contribution is -0.113. The molecule has 0 aliphatic rings. The molecule has 1 N–H and O–H groups in total. The molecule has 1 amide bonds. The summed E-state index contributed by atoms with van der Waals surface area (Å²) in [5.41, 5.74) is 0.627.